The zero-order chi connectivity index (χ0) is 33.8. The number of aliphatic carboxylic acids is 1. The molecule has 0 aromatic heterocycles. The summed E-state index contributed by atoms with van der Waals surface area (Å²) in [6, 6.07) is 0. The number of esters is 1. The van der Waals surface area contributed by atoms with E-state index in [4.69, 9.17) is 9.84 Å². The van der Waals surface area contributed by atoms with Crippen molar-refractivity contribution in [1.82, 2.24) is 5.32 Å². The minimum Gasteiger partial charge on any atom is -0.480 e. The number of nitrogens with one attached hydrogen (secondary N) is 1. The SMILES string of the molecule is CCCCC/C=C\C/C=C\C(CCCCCCC(=O)NCC(=O)O)OC(=O)CCCCCCCCCCCCCCCCCCC. The lowest BCUT2D eigenvalue weighted by molar-refractivity contribution is -0.147. The van der Waals surface area contributed by atoms with Crippen LogP contribution in [0.25, 0.3) is 0 Å². The maximum absolute atomic E-state index is 12.6. The van der Waals surface area contributed by atoms with Gasteiger partial charge in [0.15, 0.2) is 0 Å². The molecule has 0 saturated heterocycles. The number of carbonyl (C=O) groups excluding carboxylic acids is 2. The fourth-order valence-electron chi connectivity index (χ4n) is 5.70. The molecule has 0 fully saturated rings. The van der Waals surface area contributed by atoms with E-state index in [2.05, 4.69) is 37.4 Å². The molecule has 0 saturated carbocycles. The molecule has 0 bridgehead atoms. The van der Waals surface area contributed by atoms with Crippen LogP contribution in [0.3, 0.4) is 0 Å². The van der Waals surface area contributed by atoms with Crippen LogP contribution in [0.15, 0.2) is 24.3 Å². The molecular formula is C40H73NO5. The van der Waals surface area contributed by atoms with Crippen molar-refractivity contribution in [3.8, 4) is 0 Å². The van der Waals surface area contributed by atoms with Gasteiger partial charge in [0, 0.05) is 12.8 Å². The van der Waals surface area contributed by atoms with Gasteiger partial charge in [-0.3, -0.25) is 14.4 Å². The van der Waals surface area contributed by atoms with Crippen molar-refractivity contribution >= 4 is 17.8 Å². The van der Waals surface area contributed by atoms with E-state index in [1.807, 2.05) is 6.08 Å². The molecule has 6 heteroatoms. The molecule has 0 aliphatic rings. The number of allylic oxidation sites excluding steroid dienone is 3. The summed E-state index contributed by atoms with van der Waals surface area (Å²) in [6.45, 7) is 4.17. The van der Waals surface area contributed by atoms with Crippen molar-refractivity contribution in [1.29, 1.82) is 0 Å². The van der Waals surface area contributed by atoms with Crippen molar-refractivity contribution in [2.75, 3.05) is 6.54 Å². The topological polar surface area (TPSA) is 92.7 Å². The summed E-state index contributed by atoms with van der Waals surface area (Å²) in [4.78, 5) is 34.8. The smallest absolute Gasteiger partial charge is 0.322 e. The van der Waals surface area contributed by atoms with E-state index in [1.165, 1.54) is 116 Å². The van der Waals surface area contributed by atoms with E-state index in [-0.39, 0.29) is 24.5 Å². The second kappa shape index (κ2) is 35.7. The van der Waals surface area contributed by atoms with Crippen molar-refractivity contribution < 1.29 is 24.2 Å². The predicted octanol–water partition coefficient (Wildman–Crippen LogP) is 11.6. The lowest BCUT2D eigenvalue weighted by atomic mass is 10.0. The van der Waals surface area contributed by atoms with Crippen LogP contribution in [0.2, 0.25) is 0 Å². The third kappa shape index (κ3) is 34.8. The van der Waals surface area contributed by atoms with Crippen molar-refractivity contribution in [3.63, 3.8) is 0 Å². The van der Waals surface area contributed by atoms with Crippen LogP contribution < -0.4 is 5.32 Å². The Balaban J connectivity index is 4.07. The standard InChI is InChI=1S/C40H73NO5/c1-3-5-7-9-11-13-14-15-16-17-18-19-20-21-23-25-31-35-40(45)46-37(32-28-24-22-12-10-8-6-4-2)33-29-26-27-30-34-38(42)41-36-39(43)44/h12,22,28,32,37H,3-11,13-21,23-27,29-31,33-36H2,1-2H3,(H,41,42)(H,43,44)/b22-12-,32-28-. The molecule has 46 heavy (non-hydrogen) atoms. The van der Waals surface area contributed by atoms with Crippen LogP contribution >= 0.6 is 0 Å². The largest absolute Gasteiger partial charge is 0.480 e. The summed E-state index contributed by atoms with van der Waals surface area (Å²) < 4.78 is 5.87. The molecule has 0 heterocycles. The van der Waals surface area contributed by atoms with E-state index < -0.39 is 5.97 Å². The minimum atomic E-state index is -1.03. The van der Waals surface area contributed by atoms with Crippen LogP contribution in [0.1, 0.15) is 200 Å². The van der Waals surface area contributed by atoms with Gasteiger partial charge in [-0.15, -0.1) is 0 Å². The first kappa shape index (κ1) is 43.9. The van der Waals surface area contributed by atoms with Crippen LogP contribution in [0.5, 0.6) is 0 Å². The maximum Gasteiger partial charge on any atom is 0.322 e. The van der Waals surface area contributed by atoms with E-state index in [1.54, 1.807) is 0 Å². The van der Waals surface area contributed by atoms with Gasteiger partial charge in [-0.2, -0.15) is 0 Å². The maximum atomic E-state index is 12.6. The lowest BCUT2D eigenvalue weighted by Crippen LogP contribution is -2.28. The van der Waals surface area contributed by atoms with Gasteiger partial charge in [0.2, 0.25) is 5.91 Å². The van der Waals surface area contributed by atoms with Crippen LogP contribution in [0.4, 0.5) is 0 Å². The fraction of sp³-hybridized carbons (Fsp3) is 0.825. The number of ether oxygens (including phenoxy) is 1. The van der Waals surface area contributed by atoms with Gasteiger partial charge in [-0.05, 0) is 51.0 Å². The summed E-state index contributed by atoms with van der Waals surface area (Å²) >= 11 is 0. The Bertz CT molecular complexity index is 763. The molecular weight excluding hydrogens is 574 g/mol. The zero-order valence-corrected chi connectivity index (χ0v) is 30.2. The van der Waals surface area contributed by atoms with E-state index in [0.717, 1.165) is 57.8 Å². The summed E-state index contributed by atoms with van der Waals surface area (Å²) in [6.07, 6.45) is 41.7. The first-order valence-corrected chi connectivity index (χ1v) is 19.5. The molecule has 0 aliphatic heterocycles. The molecule has 268 valence electrons. The quantitative estimate of drug-likeness (QED) is 0.0405. The number of carbonyl (C=O) groups is 3. The minimum absolute atomic E-state index is 0.0965. The summed E-state index contributed by atoms with van der Waals surface area (Å²) in [5.74, 6) is -1.34. The fourth-order valence-corrected chi connectivity index (χ4v) is 5.70. The number of hydrogen-bond acceptors (Lipinski definition) is 4. The van der Waals surface area contributed by atoms with E-state index >= 15 is 0 Å². The van der Waals surface area contributed by atoms with Gasteiger partial charge in [0.1, 0.15) is 12.6 Å². The normalized spacial score (nSPS) is 12.2. The summed E-state index contributed by atoms with van der Waals surface area (Å²) in [7, 11) is 0. The number of unbranched alkanes of at least 4 members (excludes halogenated alkanes) is 22. The Hall–Kier alpha value is -2.11. The molecule has 1 unspecified atom stereocenters. The average molecular weight is 648 g/mol. The second-order valence-electron chi connectivity index (χ2n) is 13.2. The Morgan fingerprint density at radius 1 is 0.587 bits per heavy atom. The monoisotopic (exact) mass is 648 g/mol. The summed E-state index contributed by atoms with van der Waals surface area (Å²) in [5.41, 5.74) is 0. The number of carboxylic acid groups (broad SMARTS) is 1. The van der Waals surface area contributed by atoms with Crippen molar-refractivity contribution in [2.45, 2.75) is 206 Å². The molecule has 1 amide bonds. The van der Waals surface area contributed by atoms with Gasteiger partial charge in [0.05, 0.1) is 0 Å². The molecule has 0 radical (unpaired) electrons. The Morgan fingerprint density at radius 3 is 1.61 bits per heavy atom. The molecule has 0 rings (SSSR count). The van der Waals surface area contributed by atoms with Crippen LogP contribution in [-0.2, 0) is 19.1 Å². The highest BCUT2D eigenvalue weighted by Gasteiger charge is 2.12. The molecule has 1 atom stereocenters. The third-order valence-electron chi connectivity index (χ3n) is 8.61. The van der Waals surface area contributed by atoms with Gasteiger partial charge in [0.25, 0.3) is 0 Å². The third-order valence-corrected chi connectivity index (χ3v) is 8.61. The molecule has 2 N–H and O–H groups in total. The molecule has 0 spiro atoms. The number of hydrogen-bond donors (Lipinski definition) is 2. The Kier molecular flexibility index (Phi) is 34.1. The highest BCUT2D eigenvalue weighted by atomic mass is 16.5. The van der Waals surface area contributed by atoms with Gasteiger partial charge in [-0.1, -0.05) is 160 Å². The van der Waals surface area contributed by atoms with E-state index in [0.29, 0.717) is 12.8 Å². The summed E-state index contributed by atoms with van der Waals surface area (Å²) in [5, 5.41) is 11.1. The molecule has 0 aliphatic carbocycles. The first-order chi connectivity index (χ1) is 22.5. The van der Waals surface area contributed by atoms with E-state index in [9.17, 15) is 14.4 Å². The Morgan fingerprint density at radius 2 is 1.07 bits per heavy atom. The zero-order valence-electron chi connectivity index (χ0n) is 30.2. The van der Waals surface area contributed by atoms with Gasteiger partial charge < -0.3 is 15.2 Å². The predicted molar refractivity (Wildman–Crippen MR) is 194 cm³/mol. The van der Waals surface area contributed by atoms with Crippen molar-refractivity contribution in [2.24, 2.45) is 0 Å². The number of rotatable bonds is 35. The lowest BCUT2D eigenvalue weighted by Gasteiger charge is -2.14. The molecule has 6 nitrogen and oxygen atoms in total. The van der Waals surface area contributed by atoms with Gasteiger partial charge >= 0.3 is 11.9 Å². The second-order valence-corrected chi connectivity index (χ2v) is 13.2. The highest BCUT2D eigenvalue weighted by molar-refractivity contribution is 5.80. The van der Waals surface area contributed by atoms with Crippen LogP contribution in [-0.4, -0.2) is 35.6 Å². The van der Waals surface area contributed by atoms with Crippen LogP contribution in [0, 0.1) is 0 Å². The molecule has 0 aromatic carbocycles. The number of carboxylic acids is 1. The van der Waals surface area contributed by atoms with Gasteiger partial charge in [-0.25, -0.2) is 0 Å². The van der Waals surface area contributed by atoms with Crippen molar-refractivity contribution in [3.05, 3.63) is 24.3 Å². The first-order valence-electron chi connectivity index (χ1n) is 19.5. The highest BCUT2D eigenvalue weighted by Crippen LogP contribution is 2.16. The Labute approximate surface area is 284 Å². The number of amides is 1. The average Bonchev–Trinajstić information content (AvgIpc) is 3.04. The molecule has 0 aromatic rings.